The van der Waals surface area contributed by atoms with E-state index in [1.165, 1.54) is 14.0 Å². The SMILES string of the molecule is COC(=O)c1nnn([C@@H]2[C@@H](OC)O[C@@H]3COC(c4ccccc4)O[C@H]3[C@H]2OC(C)=O)c1C(=O)OC. The normalized spacial score (nSPS) is 28.0. The van der Waals surface area contributed by atoms with Crippen LogP contribution in [0.4, 0.5) is 0 Å². The fraction of sp³-hybridized carbons (Fsp3) is 0.500. The van der Waals surface area contributed by atoms with Crippen LogP contribution in [-0.2, 0) is 38.0 Å². The lowest BCUT2D eigenvalue weighted by Crippen LogP contribution is -2.61. The Morgan fingerprint density at radius 2 is 1.74 bits per heavy atom. The quantitative estimate of drug-likeness (QED) is 0.416. The molecule has 13 nitrogen and oxygen atoms in total. The van der Waals surface area contributed by atoms with Crippen LogP contribution in [0.5, 0.6) is 0 Å². The lowest BCUT2D eigenvalue weighted by molar-refractivity contribution is -0.348. The van der Waals surface area contributed by atoms with Crippen molar-refractivity contribution in [2.45, 2.75) is 43.9 Å². The molecule has 0 aliphatic carbocycles. The molecule has 1 aromatic carbocycles. The first-order valence-corrected chi connectivity index (χ1v) is 10.7. The predicted octanol–water partition coefficient (Wildman–Crippen LogP) is 0.810. The maximum atomic E-state index is 12.7. The van der Waals surface area contributed by atoms with Gasteiger partial charge in [0, 0.05) is 19.6 Å². The maximum Gasteiger partial charge on any atom is 0.361 e. The van der Waals surface area contributed by atoms with Crippen LogP contribution in [0, 0.1) is 0 Å². The molecule has 0 saturated carbocycles. The standard InChI is InChI=1S/C22H25N3O10/c1-11(26)33-18-16(25-15(20(28)30-3)14(23-24-25)19(27)29-2)22(31-4)34-13-10-32-21(35-17(13)18)12-8-6-5-7-9-12/h5-9,13,16-18,21-22H,10H2,1-4H3/t13-,16+,17-,18+,21?,22+/m1/s1. The van der Waals surface area contributed by atoms with E-state index in [1.54, 1.807) is 0 Å². The third-order valence-electron chi connectivity index (χ3n) is 5.65. The molecule has 2 aliphatic heterocycles. The Kier molecular flexibility index (Phi) is 7.40. The summed E-state index contributed by atoms with van der Waals surface area (Å²) in [7, 11) is 3.64. The van der Waals surface area contributed by atoms with Gasteiger partial charge in [-0.1, -0.05) is 35.5 Å². The van der Waals surface area contributed by atoms with Crippen LogP contribution in [0.2, 0.25) is 0 Å². The van der Waals surface area contributed by atoms with Crippen molar-refractivity contribution in [1.29, 1.82) is 0 Å². The van der Waals surface area contributed by atoms with E-state index in [0.717, 1.165) is 24.5 Å². The molecule has 2 aromatic rings. The second kappa shape index (κ2) is 10.5. The van der Waals surface area contributed by atoms with Crippen LogP contribution in [0.3, 0.4) is 0 Å². The minimum atomic E-state index is -1.09. The Labute approximate surface area is 200 Å². The summed E-state index contributed by atoms with van der Waals surface area (Å²) in [5.74, 6) is -2.44. The van der Waals surface area contributed by atoms with Crippen molar-refractivity contribution < 1.29 is 47.5 Å². The van der Waals surface area contributed by atoms with Gasteiger partial charge in [-0.3, -0.25) is 4.79 Å². The molecular weight excluding hydrogens is 466 g/mol. The molecule has 0 N–H and O–H groups in total. The van der Waals surface area contributed by atoms with Gasteiger partial charge in [0.1, 0.15) is 18.2 Å². The van der Waals surface area contributed by atoms with Crippen molar-refractivity contribution in [2.75, 3.05) is 27.9 Å². The average Bonchev–Trinajstić information content (AvgIpc) is 3.32. The van der Waals surface area contributed by atoms with Crippen LogP contribution in [-0.4, -0.2) is 85.4 Å². The van der Waals surface area contributed by atoms with Crippen molar-refractivity contribution in [1.82, 2.24) is 15.0 Å². The van der Waals surface area contributed by atoms with Gasteiger partial charge in [-0.25, -0.2) is 14.3 Å². The number of methoxy groups -OCH3 is 3. The molecule has 2 saturated heterocycles. The van der Waals surface area contributed by atoms with Gasteiger partial charge in [0.25, 0.3) is 0 Å². The first-order chi connectivity index (χ1) is 16.9. The van der Waals surface area contributed by atoms with Crippen LogP contribution in [0.25, 0.3) is 0 Å². The van der Waals surface area contributed by atoms with Gasteiger partial charge in [0.05, 0.1) is 20.8 Å². The maximum absolute atomic E-state index is 12.7. The number of nitrogens with zero attached hydrogens (tertiary/aromatic N) is 3. The Morgan fingerprint density at radius 1 is 1.03 bits per heavy atom. The molecule has 0 radical (unpaired) electrons. The highest BCUT2D eigenvalue weighted by Gasteiger charge is 2.54. The Morgan fingerprint density at radius 3 is 2.37 bits per heavy atom. The summed E-state index contributed by atoms with van der Waals surface area (Å²) < 4.78 is 39.9. The molecule has 0 spiro atoms. The molecular formula is C22H25N3O10. The molecule has 188 valence electrons. The van der Waals surface area contributed by atoms with Crippen LogP contribution < -0.4 is 0 Å². The van der Waals surface area contributed by atoms with E-state index < -0.39 is 54.8 Å². The Bertz CT molecular complexity index is 1070. The first-order valence-electron chi connectivity index (χ1n) is 10.7. The summed E-state index contributed by atoms with van der Waals surface area (Å²) in [4.78, 5) is 37.0. The number of carbonyl (C=O) groups is 3. The van der Waals surface area contributed by atoms with Crippen LogP contribution >= 0.6 is 0 Å². The summed E-state index contributed by atoms with van der Waals surface area (Å²) >= 11 is 0. The molecule has 6 atom stereocenters. The van der Waals surface area contributed by atoms with E-state index in [1.807, 2.05) is 30.3 Å². The third kappa shape index (κ3) is 4.75. The summed E-state index contributed by atoms with van der Waals surface area (Å²) in [5.41, 5.74) is 0.0483. The summed E-state index contributed by atoms with van der Waals surface area (Å²) in [6.07, 6.45) is -4.44. The van der Waals surface area contributed by atoms with E-state index in [4.69, 9.17) is 33.2 Å². The largest absolute Gasteiger partial charge is 0.464 e. The smallest absolute Gasteiger partial charge is 0.361 e. The highest BCUT2D eigenvalue weighted by molar-refractivity contribution is 6.00. The molecule has 1 aromatic heterocycles. The topological polar surface area (TPSA) is 147 Å². The molecule has 13 heteroatoms. The minimum absolute atomic E-state index is 0.114. The zero-order valence-corrected chi connectivity index (χ0v) is 19.5. The molecule has 4 rings (SSSR count). The van der Waals surface area contributed by atoms with Gasteiger partial charge >= 0.3 is 17.9 Å². The number of benzene rings is 1. The molecule has 3 heterocycles. The average molecular weight is 491 g/mol. The summed E-state index contributed by atoms with van der Waals surface area (Å²) in [6, 6.07) is 8.12. The predicted molar refractivity (Wildman–Crippen MR) is 113 cm³/mol. The zero-order chi connectivity index (χ0) is 25.1. The van der Waals surface area contributed by atoms with E-state index in [2.05, 4.69) is 10.3 Å². The minimum Gasteiger partial charge on any atom is -0.464 e. The van der Waals surface area contributed by atoms with Gasteiger partial charge in [-0.2, -0.15) is 0 Å². The van der Waals surface area contributed by atoms with E-state index in [9.17, 15) is 14.4 Å². The third-order valence-corrected chi connectivity index (χ3v) is 5.65. The highest BCUT2D eigenvalue weighted by Crippen LogP contribution is 2.40. The zero-order valence-electron chi connectivity index (χ0n) is 19.5. The fourth-order valence-corrected chi connectivity index (χ4v) is 4.14. The van der Waals surface area contributed by atoms with Gasteiger partial charge < -0.3 is 33.2 Å². The number of carbonyl (C=O) groups excluding carboxylic acids is 3. The van der Waals surface area contributed by atoms with Gasteiger partial charge in [0.2, 0.25) is 5.69 Å². The molecule has 0 amide bonds. The summed E-state index contributed by atoms with van der Waals surface area (Å²) in [6.45, 7) is 1.35. The van der Waals surface area contributed by atoms with Gasteiger partial charge in [0.15, 0.2) is 24.4 Å². The van der Waals surface area contributed by atoms with E-state index in [-0.39, 0.29) is 18.0 Å². The molecule has 2 aliphatic rings. The lowest BCUT2D eigenvalue weighted by Gasteiger charge is -2.48. The summed E-state index contributed by atoms with van der Waals surface area (Å²) in [5, 5.41) is 7.78. The monoisotopic (exact) mass is 491 g/mol. The molecule has 35 heavy (non-hydrogen) atoms. The van der Waals surface area contributed by atoms with E-state index in [0.29, 0.717) is 0 Å². The first kappa shape index (κ1) is 24.7. The van der Waals surface area contributed by atoms with Crippen molar-refractivity contribution in [3.05, 3.63) is 47.3 Å². The van der Waals surface area contributed by atoms with Crippen molar-refractivity contribution in [2.24, 2.45) is 0 Å². The Balaban J connectivity index is 1.78. The second-order valence-corrected chi connectivity index (χ2v) is 7.73. The van der Waals surface area contributed by atoms with Crippen molar-refractivity contribution >= 4 is 17.9 Å². The van der Waals surface area contributed by atoms with Crippen LogP contribution in [0.1, 0.15) is 45.8 Å². The highest BCUT2D eigenvalue weighted by atomic mass is 16.7. The lowest BCUT2D eigenvalue weighted by atomic mass is 9.95. The van der Waals surface area contributed by atoms with Crippen LogP contribution in [0.15, 0.2) is 30.3 Å². The van der Waals surface area contributed by atoms with Gasteiger partial charge in [-0.15, -0.1) is 5.10 Å². The van der Waals surface area contributed by atoms with Crippen molar-refractivity contribution in [3.63, 3.8) is 0 Å². The number of fused-ring (bicyclic) bond motifs is 1. The number of esters is 3. The number of ether oxygens (including phenoxy) is 7. The Hall–Kier alpha value is -3.39. The fourth-order valence-electron chi connectivity index (χ4n) is 4.14. The molecule has 0 bridgehead atoms. The van der Waals surface area contributed by atoms with Gasteiger partial charge in [-0.05, 0) is 0 Å². The van der Waals surface area contributed by atoms with E-state index >= 15 is 0 Å². The number of rotatable bonds is 6. The molecule has 2 fully saturated rings. The number of hydrogen-bond acceptors (Lipinski definition) is 12. The number of aromatic nitrogens is 3. The number of hydrogen-bond donors (Lipinski definition) is 0. The molecule has 1 unspecified atom stereocenters. The second-order valence-electron chi connectivity index (χ2n) is 7.73. The van der Waals surface area contributed by atoms with Crippen molar-refractivity contribution in [3.8, 4) is 0 Å².